The summed E-state index contributed by atoms with van der Waals surface area (Å²) >= 11 is 0. The molecule has 2 aliphatic carbocycles. The summed E-state index contributed by atoms with van der Waals surface area (Å²) in [6.45, 7) is 8.11. The second-order valence-electron chi connectivity index (χ2n) is 10.7. The standard InChI is InChI=1S/C25H32FNO2/c1-15(23(28)14-24(2,3)4)25(29)12-17-9-16(10-18(17)13-25)20-7-8-27-22-6-5-19(26)11-21(20)22/h5-8,11,15-18,29H,9-10,12-14H2,1-4H3/t15?,16?,17-,18+,25?. The average Bonchev–Trinajstić information content (AvgIpc) is 3.14. The fourth-order valence-corrected chi connectivity index (χ4v) is 5.78. The van der Waals surface area contributed by atoms with Crippen molar-refractivity contribution in [3.8, 4) is 0 Å². The Kier molecular flexibility index (Phi) is 5.05. The molecule has 0 amide bonds. The SMILES string of the molecule is CC(C(=O)CC(C)(C)C)C1(O)C[C@H]2CC(c3ccnc4ccc(F)cc34)C[C@H]2C1. The van der Waals surface area contributed by atoms with E-state index in [0.717, 1.165) is 23.7 Å². The molecule has 0 radical (unpaired) electrons. The highest BCUT2D eigenvalue weighted by atomic mass is 19.1. The van der Waals surface area contributed by atoms with Crippen LogP contribution in [0.5, 0.6) is 0 Å². The molecule has 4 heteroatoms. The second-order valence-corrected chi connectivity index (χ2v) is 10.7. The fourth-order valence-electron chi connectivity index (χ4n) is 5.78. The third-order valence-electron chi connectivity index (χ3n) is 7.24. The quantitative estimate of drug-likeness (QED) is 0.725. The minimum absolute atomic E-state index is 0.0566. The molecule has 29 heavy (non-hydrogen) atoms. The molecular formula is C25H32FNO2. The molecule has 5 atom stereocenters. The van der Waals surface area contributed by atoms with Gasteiger partial charge in [-0.1, -0.05) is 27.7 Å². The molecule has 1 heterocycles. The van der Waals surface area contributed by atoms with E-state index in [0.29, 0.717) is 37.0 Å². The maximum atomic E-state index is 13.8. The number of ketones is 1. The summed E-state index contributed by atoms with van der Waals surface area (Å²) in [7, 11) is 0. The van der Waals surface area contributed by atoms with Crippen LogP contribution in [0.25, 0.3) is 10.9 Å². The van der Waals surface area contributed by atoms with E-state index in [2.05, 4.69) is 25.8 Å². The van der Waals surface area contributed by atoms with Gasteiger partial charge in [0.15, 0.2) is 0 Å². The highest BCUT2D eigenvalue weighted by Crippen LogP contribution is 2.56. The summed E-state index contributed by atoms with van der Waals surface area (Å²) in [4.78, 5) is 17.1. The molecule has 2 aliphatic rings. The van der Waals surface area contributed by atoms with Gasteiger partial charge in [0, 0.05) is 23.9 Å². The molecule has 1 aromatic carbocycles. The van der Waals surface area contributed by atoms with Crippen molar-refractivity contribution in [1.29, 1.82) is 0 Å². The number of hydrogen-bond donors (Lipinski definition) is 1. The number of hydrogen-bond acceptors (Lipinski definition) is 3. The molecular weight excluding hydrogens is 365 g/mol. The first kappa shape index (κ1) is 20.5. The Bertz CT molecular complexity index is 918. The first-order valence-electron chi connectivity index (χ1n) is 10.8. The van der Waals surface area contributed by atoms with Crippen LogP contribution in [0.4, 0.5) is 4.39 Å². The molecule has 0 aliphatic heterocycles. The Balaban J connectivity index is 1.49. The normalized spacial score (nSPS) is 30.5. The highest BCUT2D eigenvalue weighted by molar-refractivity contribution is 5.83. The van der Waals surface area contributed by atoms with E-state index < -0.39 is 5.60 Å². The van der Waals surface area contributed by atoms with Gasteiger partial charge in [-0.05, 0) is 78.7 Å². The van der Waals surface area contributed by atoms with Crippen LogP contribution in [0.15, 0.2) is 30.5 Å². The number of carbonyl (C=O) groups is 1. The van der Waals surface area contributed by atoms with Crippen molar-refractivity contribution < 1.29 is 14.3 Å². The lowest BCUT2D eigenvalue weighted by Crippen LogP contribution is -2.40. The predicted molar refractivity (Wildman–Crippen MR) is 113 cm³/mol. The van der Waals surface area contributed by atoms with Gasteiger partial charge in [-0.15, -0.1) is 0 Å². The Labute approximate surface area is 172 Å². The summed E-state index contributed by atoms with van der Waals surface area (Å²) in [5.41, 5.74) is 1.07. The molecule has 1 aromatic heterocycles. The molecule has 2 saturated carbocycles. The van der Waals surface area contributed by atoms with Crippen LogP contribution in [0.1, 0.15) is 71.3 Å². The van der Waals surface area contributed by atoms with E-state index in [1.54, 1.807) is 12.1 Å². The zero-order valence-electron chi connectivity index (χ0n) is 17.9. The van der Waals surface area contributed by atoms with Crippen LogP contribution in [0, 0.1) is 29.0 Å². The zero-order valence-corrected chi connectivity index (χ0v) is 17.9. The van der Waals surface area contributed by atoms with Crippen LogP contribution in [0.3, 0.4) is 0 Å². The number of benzene rings is 1. The fraction of sp³-hybridized carbons (Fsp3) is 0.600. The topological polar surface area (TPSA) is 50.2 Å². The van der Waals surface area contributed by atoms with E-state index in [-0.39, 0.29) is 22.9 Å². The molecule has 2 aromatic rings. The minimum Gasteiger partial charge on any atom is -0.389 e. The molecule has 156 valence electrons. The molecule has 3 unspecified atom stereocenters. The number of nitrogens with zero attached hydrogens (tertiary/aromatic N) is 1. The van der Waals surface area contributed by atoms with Crippen molar-refractivity contribution in [2.45, 2.75) is 71.3 Å². The van der Waals surface area contributed by atoms with Crippen LogP contribution < -0.4 is 0 Å². The summed E-state index contributed by atoms with van der Waals surface area (Å²) in [6, 6.07) is 6.81. The monoisotopic (exact) mass is 397 g/mol. The number of rotatable bonds is 4. The lowest BCUT2D eigenvalue weighted by atomic mass is 9.77. The van der Waals surface area contributed by atoms with Gasteiger partial charge in [-0.2, -0.15) is 0 Å². The Morgan fingerprint density at radius 3 is 2.52 bits per heavy atom. The molecule has 1 N–H and O–H groups in total. The van der Waals surface area contributed by atoms with Gasteiger partial charge < -0.3 is 5.11 Å². The smallest absolute Gasteiger partial charge is 0.139 e. The maximum absolute atomic E-state index is 13.8. The third kappa shape index (κ3) is 3.96. The van der Waals surface area contributed by atoms with Crippen molar-refractivity contribution >= 4 is 16.7 Å². The van der Waals surface area contributed by atoms with Gasteiger partial charge >= 0.3 is 0 Å². The van der Waals surface area contributed by atoms with Crippen LogP contribution in [-0.4, -0.2) is 21.5 Å². The molecule has 0 saturated heterocycles. The van der Waals surface area contributed by atoms with Gasteiger partial charge in [0.05, 0.1) is 11.1 Å². The molecule has 0 spiro atoms. The van der Waals surface area contributed by atoms with E-state index in [1.165, 1.54) is 11.6 Å². The van der Waals surface area contributed by atoms with Gasteiger partial charge in [0.25, 0.3) is 0 Å². The van der Waals surface area contributed by atoms with Crippen LogP contribution in [0.2, 0.25) is 0 Å². The lowest BCUT2D eigenvalue weighted by Gasteiger charge is -2.32. The van der Waals surface area contributed by atoms with Gasteiger partial charge in [0.2, 0.25) is 0 Å². The second kappa shape index (κ2) is 7.16. The zero-order chi connectivity index (χ0) is 21.0. The first-order valence-corrected chi connectivity index (χ1v) is 10.8. The molecule has 0 bridgehead atoms. The average molecular weight is 398 g/mol. The number of fused-ring (bicyclic) bond motifs is 2. The summed E-state index contributed by atoms with van der Waals surface area (Å²) in [5.74, 6) is 0.833. The number of Topliss-reactive ketones (excluding diaryl/α,β-unsaturated/α-hetero) is 1. The molecule has 3 nitrogen and oxygen atoms in total. The van der Waals surface area contributed by atoms with Crippen molar-refractivity contribution in [1.82, 2.24) is 4.98 Å². The maximum Gasteiger partial charge on any atom is 0.139 e. The van der Waals surface area contributed by atoms with Crippen LogP contribution >= 0.6 is 0 Å². The lowest BCUT2D eigenvalue weighted by molar-refractivity contribution is -0.133. The number of halogens is 1. The van der Waals surface area contributed by atoms with Crippen LogP contribution in [-0.2, 0) is 4.79 Å². The highest BCUT2D eigenvalue weighted by Gasteiger charge is 2.52. The summed E-state index contributed by atoms with van der Waals surface area (Å²) in [6.07, 6.45) is 5.69. The Morgan fingerprint density at radius 2 is 1.90 bits per heavy atom. The Hall–Kier alpha value is -1.81. The van der Waals surface area contributed by atoms with E-state index in [9.17, 15) is 14.3 Å². The number of aliphatic hydroxyl groups is 1. The molecule has 4 rings (SSSR count). The van der Waals surface area contributed by atoms with Gasteiger partial charge in [0.1, 0.15) is 11.6 Å². The third-order valence-corrected chi connectivity index (χ3v) is 7.24. The largest absolute Gasteiger partial charge is 0.389 e. The van der Waals surface area contributed by atoms with Crippen molar-refractivity contribution in [3.05, 3.63) is 41.8 Å². The van der Waals surface area contributed by atoms with E-state index in [4.69, 9.17) is 0 Å². The van der Waals surface area contributed by atoms with E-state index >= 15 is 0 Å². The summed E-state index contributed by atoms with van der Waals surface area (Å²) < 4.78 is 13.8. The number of carbonyl (C=O) groups excluding carboxylic acids is 1. The van der Waals surface area contributed by atoms with E-state index in [1.807, 2.05) is 19.2 Å². The van der Waals surface area contributed by atoms with Crippen molar-refractivity contribution in [2.24, 2.45) is 23.2 Å². The number of pyridine rings is 1. The molecule has 2 fully saturated rings. The van der Waals surface area contributed by atoms with Crippen molar-refractivity contribution in [3.63, 3.8) is 0 Å². The number of aromatic nitrogens is 1. The predicted octanol–water partition coefficient (Wildman–Crippen LogP) is 5.65. The first-order chi connectivity index (χ1) is 13.6. The Morgan fingerprint density at radius 1 is 1.24 bits per heavy atom. The summed E-state index contributed by atoms with van der Waals surface area (Å²) in [5, 5.41) is 12.2. The van der Waals surface area contributed by atoms with Gasteiger partial charge in [-0.25, -0.2) is 4.39 Å². The van der Waals surface area contributed by atoms with Gasteiger partial charge in [-0.3, -0.25) is 9.78 Å². The van der Waals surface area contributed by atoms with Crippen molar-refractivity contribution in [2.75, 3.05) is 0 Å². The minimum atomic E-state index is -0.880.